The maximum Gasteiger partial charge on any atom is 0.291 e. The van der Waals surface area contributed by atoms with Crippen molar-refractivity contribution in [3.05, 3.63) is 47.3 Å². The number of imidazole rings is 1. The van der Waals surface area contributed by atoms with E-state index in [-0.39, 0.29) is 17.4 Å². The molecule has 4 N–H and O–H groups in total. The molecule has 2 saturated heterocycles. The Kier molecular flexibility index (Phi) is 5.55. The molecule has 1 amide bonds. The lowest BCUT2D eigenvalue weighted by Gasteiger charge is -2.41. The summed E-state index contributed by atoms with van der Waals surface area (Å²) >= 11 is 0. The van der Waals surface area contributed by atoms with Crippen molar-refractivity contribution in [2.24, 2.45) is 0 Å². The van der Waals surface area contributed by atoms with Crippen LogP contribution < -0.4 is 5.32 Å². The number of nitrogens with one attached hydrogen (secondary N) is 2. The van der Waals surface area contributed by atoms with Crippen LogP contribution in [0.2, 0.25) is 0 Å². The highest BCUT2D eigenvalue weighted by atomic mass is 16.6. The molecule has 3 aliphatic rings. The lowest BCUT2D eigenvalue weighted by molar-refractivity contribution is -0.153. The summed E-state index contributed by atoms with van der Waals surface area (Å²) in [5.74, 6) is -0.385. The molecule has 2 aromatic heterocycles. The number of H-pyrrole nitrogens is 1. The standard InChI is InChI=1S/C25H29N5O4/c1-24-10-15(11-25(2,34-24)21(32)20(24)31)17-8-9-18(19(29-17)14-6-4-3-5-7-14)30-23(33)22-27-13-16(12-26)28-22/h6,8-9,13,15,20-21,31-32H,3-5,7,10-11H2,1-2H3,(H,27,28)(H,30,33)/t15?,20-,21+,24-,25-/m1/s1. The van der Waals surface area contributed by atoms with Crippen molar-refractivity contribution in [3.8, 4) is 6.07 Å². The van der Waals surface area contributed by atoms with Gasteiger partial charge >= 0.3 is 0 Å². The Morgan fingerprint density at radius 1 is 1.24 bits per heavy atom. The summed E-state index contributed by atoms with van der Waals surface area (Å²) in [6.07, 6.45) is 6.70. The van der Waals surface area contributed by atoms with Gasteiger partial charge in [0.05, 0.1) is 28.8 Å². The predicted octanol–water partition coefficient (Wildman–Crippen LogP) is 3.03. The van der Waals surface area contributed by atoms with Crippen LogP contribution in [0, 0.1) is 11.3 Å². The van der Waals surface area contributed by atoms with Crippen molar-refractivity contribution >= 4 is 17.2 Å². The van der Waals surface area contributed by atoms with Crippen LogP contribution >= 0.6 is 0 Å². The Hall–Kier alpha value is -3.06. The van der Waals surface area contributed by atoms with Gasteiger partial charge < -0.3 is 25.3 Å². The van der Waals surface area contributed by atoms with Gasteiger partial charge in [-0.15, -0.1) is 0 Å². The summed E-state index contributed by atoms with van der Waals surface area (Å²) in [4.78, 5) is 24.5. The fourth-order valence-corrected chi connectivity index (χ4v) is 5.68. The minimum atomic E-state index is -0.951. The van der Waals surface area contributed by atoms with Gasteiger partial charge in [0.1, 0.15) is 24.0 Å². The van der Waals surface area contributed by atoms with Gasteiger partial charge in [0.25, 0.3) is 5.91 Å². The SMILES string of the molecule is C[C@]12CC(c3ccc(NC(=O)c4ncc(C#N)[nH]4)c(C4=CCCCC4)n3)C[C@@](C)(O1)[C@@H](O)[C@H]2O. The largest absolute Gasteiger partial charge is 0.387 e. The molecule has 9 heteroatoms. The molecule has 1 unspecified atom stereocenters. The highest BCUT2D eigenvalue weighted by Gasteiger charge is 2.62. The second-order valence-corrected chi connectivity index (χ2v) is 10.0. The van der Waals surface area contributed by atoms with Crippen LogP contribution in [0.5, 0.6) is 0 Å². The zero-order valence-corrected chi connectivity index (χ0v) is 19.3. The van der Waals surface area contributed by atoms with Crippen molar-refractivity contribution in [3.63, 3.8) is 0 Å². The number of fused-ring (bicyclic) bond motifs is 2. The molecule has 5 atom stereocenters. The highest BCUT2D eigenvalue weighted by Crippen LogP contribution is 2.53. The van der Waals surface area contributed by atoms with Crippen molar-refractivity contribution in [2.75, 3.05) is 5.32 Å². The number of pyridine rings is 1. The molecule has 2 bridgehead atoms. The van der Waals surface area contributed by atoms with E-state index in [1.165, 1.54) is 6.20 Å². The van der Waals surface area contributed by atoms with E-state index in [9.17, 15) is 15.0 Å². The second-order valence-electron chi connectivity index (χ2n) is 10.0. The van der Waals surface area contributed by atoms with Crippen LogP contribution in [0.15, 0.2) is 24.4 Å². The Morgan fingerprint density at radius 3 is 2.59 bits per heavy atom. The number of allylic oxidation sites excluding steroid dienone is 2. The van der Waals surface area contributed by atoms with Gasteiger partial charge in [0.15, 0.2) is 5.82 Å². The number of aliphatic hydroxyl groups is 2. The van der Waals surface area contributed by atoms with Crippen LogP contribution in [0.1, 0.15) is 86.0 Å². The normalized spacial score (nSPS) is 32.7. The molecule has 0 aromatic carbocycles. The molecule has 4 heterocycles. The topological polar surface area (TPSA) is 144 Å². The number of rotatable bonds is 4. The summed E-state index contributed by atoms with van der Waals surface area (Å²) in [5, 5.41) is 33.1. The first-order valence-electron chi connectivity index (χ1n) is 11.8. The second kappa shape index (κ2) is 8.31. The molecular formula is C25H29N5O4. The maximum atomic E-state index is 12.8. The number of carbonyl (C=O) groups is 1. The average molecular weight is 464 g/mol. The minimum absolute atomic E-state index is 0.00787. The number of amides is 1. The van der Waals surface area contributed by atoms with Crippen LogP contribution in [0.25, 0.3) is 5.57 Å². The summed E-state index contributed by atoms with van der Waals surface area (Å²) in [6.45, 7) is 3.69. The van der Waals surface area contributed by atoms with E-state index in [0.717, 1.165) is 42.6 Å². The molecule has 0 saturated carbocycles. The molecule has 5 rings (SSSR count). The van der Waals surface area contributed by atoms with Crippen LogP contribution in [-0.2, 0) is 4.74 Å². The van der Waals surface area contributed by atoms with E-state index in [4.69, 9.17) is 15.0 Å². The molecule has 0 spiro atoms. The molecule has 0 radical (unpaired) electrons. The predicted molar refractivity (Wildman–Crippen MR) is 124 cm³/mol. The van der Waals surface area contributed by atoms with Gasteiger partial charge in [-0.25, -0.2) is 4.98 Å². The number of aliphatic hydroxyl groups excluding tert-OH is 2. The monoisotopic (exact) mass is 463 g/mol. The summed E-state index contributed by atoms with van der Waals surface area (Å²) < 4.78 is 6.10. The summed E-state index contributed by atoms with van der Waals surface area (Å²) in [6, 6.07) is 5.68. The fraction of sp³-hybridized carbons (Fsp3) is 0.520. The molecular weight excluding hydrogens is 434 g/mol. The smallest absolute Gasteiger partial charge is 0.291 e. The number of ether oxygens (including phenoxy) is 1. The molecule has 2 aromatic rings. The maximum absolute atomic E-state index is 12.8. The molecule has 34 heavy (non-hydrogen) atoms. The van der Waals surface area contributed by atoms with Crippen molar-refractivity contribution < 1.29 is 19.7 Å². The van der Waals surface area contributed by atoms with E-state index >= 15 is 0 Å². The number of carbonyl (C=O) groups excluding carboxylic acids is 1. The first-order valence-corrected chi connectivity index (χ1v) is 11.8. The number of hydrogen-bond donors (Lipinski definition) is 4. The van der Waals surface area contributed by atoms with E-state index in [1.807, 2.05) is 32.0 Å². The first-order chi connectivity index (χ1) is 16.2. The Labute approximate surface area is 197 Å². The minimum Gasteiger partial charge on any atom is -0.387 e. The number of anilines is 1. The summed E-state index contributed by atoms with van der Waals surface area (Å²) in [5.41, 5.74) is 1.80. The van der Waals surface area contributed by atoms with Crippen molar-refractivity contribution in [1.29, 1.82) is 5.26 Å². The zero-order chi connectivity index (χ0) is 24.1. The average Bonchev–Trinajstić information content (AvgIpc) is 3.36. The number of nitrogens with zero attached hydrogens (tertiary/aromatic N) is 3. The fourth-order valence-electron chi connectivity index (χ4n) is 5.68. The van der Waals surface area contributed by atoms with Gasteiger partial charge in [-0.1, -0.05) is 6.08 Å². The molecule has 178 valence electrons. The Bertz CT molecular complexity index is 1180. The zero-order valence-electron chi connectivity index (χ0n) is 19.3. The molecule has 1 aliphatic carbocycles. The van der Waals surface area contributed by atoms with E-state index in [2.05, 4.69) is 21.4 Å². The van der Waals surface area contributed by atoms with Crippen LogP contribution in [0.3, 0.4) is 0 Å². The third kappa shape index (κ3) is 3.82. The number of hydrogen-bond acceptors (Lipinski definition) is 7. The van der Waals surface area contributed by atoms with Gasteiger partial charge in [-0.05, 0) is 70.1 Å². The van der Waals surface area contributed by atoms with Crippen molar-refractivity contribution in [1.82, 2.24) is 15.0 Å². The van der Waals surface area contributed by atoms with E-state index < -0.39 is 29.3 Å². The van der Waals surface area contributed by atoms with Crippen molar-refractivity contribution in [2.45, 2.75) is 81.7 Å². The molecule has 2 aliphatic heterocycles. The van der Waals surface area contributed by atoms with Gasteiger partial charge in [-0.3, -0.25) is 9.78 Å². The number of nitriles is 1. The molecule has 2 fully saturated rings. The van der Waals surface area contributed by atoms with E-state index in [1.54, 1.807) is 0 Å². The highest BCUT2D eigenvalue weighted by molar-refractivity contribution is 6.03. The summed E-state index contributed by atoms with van der Waals surface area (Å²) in [7, 11) is 0. The van der Waals surface area contributed by atoms with Crippen LogP contribution in [0.4, 0.5) is 5.69 Å². The van der Waals surface area contributed by atoms with Crippen LogP contribution in [-0.4, -0.2) is 54.5 Å². The molecule has 9 nitrogen and oxygen atoms in total. The quantitative estimate of drug-likeness (QED) is 0.545. The Balaban J connectivity index is 1.48. The number of aromatic amines is 1. The third-order valence-electron chi connectivity index (χ3n) is 7.41. The first kappa shape index (κ1) is 22.7. The Morgan fingerprint density at radius 2 is 1.97 bits per heavy atom. The van der Waals surface area contributed by atoms with E-state index in [0.29, 0.717) is 18.5 Å². The van der Waals surface area contributed by atoms with Gasteiger partial charge in [-0.2, -0.15) is 5.26 Å². The van der Waals surface area contributed by atoms with Gasteiger partial charge in [0.2, 0.25) is 0 Å². The lowest BCUT2D eigenvalue weighted by Crippen LogP contribution is -2.43. The third-order valence-corrected chi connectivity index (χ3v) is 7.41. The lowest BCUT2D eigenvalue weighted by atomic mass is 9.82. The van der Waals surface area contributed by atoms with Gasteiger partial charge in [0, 0.05) is 11.6 Å². The number of aromatic nitrogens is 3.